The molecule has 1 amide bonds. The largest absolute Gasteiger partial charge is 0.358 e. The maximum atomic E-state index is 14.5. The Balaban J connectivity index is 1.55. The third-order valence-electron chi connectivity index (χ3n) is 8.08. The number of Topliss-reactive ketones (excluding diaryl/α,β-unsaturated/α-hetero) is 2. The predicted octanol–water partition coefficient (Wildman–Crippen LogP) is 7.04. The van der Waals surface area contributed by atoms with Crippen LogP contribution in [-0.2, 0) is 10.2 Å². The first-order chi connectivity index (χ1) is 18.9. The lowest BCUT2D eigenvalue weighted by molar-refractivity contribution is -0.122. The first-order valence-electron chi connectivity index (χ1n) is 12.5. The highest BCUT2D eigenvalue weighted by Crippen LogP contribution is 2.62. The Morgan fingerprint density at radius 2 is 1.72 bits per heavy atom. The van der Waals surface area contributed by atoms with Crippen LogP contribution >= 0.6 is 34.5 Å². The number of thiophene rings is 1. The van der Waals surface area contributed by atoms with Crippen molar-refractivity contribution in [3.05, 3.63) is 128 Å². The summed E-state index contributed by atoms with van der Waals surface area (Å²) in [4.78, 5) is 45.8. The summed E-state index contributed by atoms with van der Waals surface area (Å²) >= 11 is 14.0. The van der Waals surface area contributed by atoms with Gasteiger partial charge in [-0.1, -0.05) is 71.7 Å². The Morgan fingerprint density at radius 1 is 0.923 bits per heavy atom. The monoisotopic (exact) mass is 570 g/mol. The van der Waals surface area contributed by atoms with Crippen LogP contribution in [0.1, 0.15) is 42.8 Å². The number of halogens is 2. The number of rotatable bonds is 4. The van der Waals surface area contributed by atoms with E-state index >= 15 is 0 Å². The molecule has 3 aromatic carbocycles. The predicted molar refractivity (Wildman–Crippen MR) is 154 cm³/mol. The maximum absolute atomic E-state index is 14.5. The maximum Gasteiger partial charge on any atom is 0.238 e. The highest BCUT2D eigenvalue weighted by atomic mass is 35.5. The molecule has 5 nitrogen and oxygen atoms in total. The summed E-state index contributed by atoms with van der Waals surface area (Å²) < 4.78 is 0. The normalized spacial score (nSPS) is 24.3. The number of hydrogen-bond donors (Lipinski definition) is 1. The van der Waals surface area contributed by atoms with Crippen molar-refractivity contribution in [3.8, 4) is 0 Å². The minimum absolute atomic E-state index is 0.199. The summed E-state index contributed by atoms with van der Waals surface area (Å²) in [6.07, 6.45) is 3.77. The Labute approximate surface area is 238 Å². The molecule has 39 heavy (non-hydrogen) atoms. The van der Waals surface area contributed by atoms with Crippen molar-refractivity contribution >= 4 is 63.8 Å². The summed E-state index contributed by atoms with van der Waals surface area (Å²) in [5, 5.41) is 5.48. The van der Waals surface area contributed by atoms with E-state index in [1.165, 1.54) is 17.4 Å². The Hall–Kier alpha value is -3.71. The molecule has 1 fully saturated rings. The van der Waals surface area contributed by atoms with E-state index in [-0.39, 0.29) is 28.1 Å². The van der Waals surface area contributed by atoms with Gasteiger partial charge in [-0.15, -0.1) is 11.3 Å². The van der Waals surface area contributed by atoms with Gasteiger partial charge in [-0.25, -0.2) is 0 Å². The molecular formula is C31H20Cl2N2O3S. The summed E-state index contributed by atoms with van der Waals surface area (Å²) in [5.41, 5.74) is 2.07. The topological polar surface area (TPSA) is 66.5 Å². The average Bonchev–Trinajstić information content (AvgIpc) is 3.65. The standard InChI is InChI=1S/C31H20Cl2N2O3S/c32-18-11-12-20(22(33)16-18)27(36)26-25(28(37)24-10-5-15-39-24)31(21-8-3-4-9-23(21)34-30(31)38)29-19-7-2-1-6-17(19)13-14-35(26)29/h1-16,25-26,29H,(H,34,38)/t25-,26+,29-,31+/m1/s1. The number of benzene rings is 3. The van der Waals surface area contributed by atoms with Crippen LogP contribution in [0.4, 0.5) is 5.69 Å². The van der Waals surface area contributed by atoms with Gasteiger partial charge in [-0.2, -0.15) is 0 Å². The third kappa shape index (κ3) is 3.35. The SMILES string of the molecule is O=C(c1ccc(Cl)cc1Cl)[C@@H]1[C@H](C(=O)c2cccs2)[C@]2(C(=O)Nc3ccccc32)[C@H]2c3ccccc3C=CN12. The summed E-state index contributed by atoms with van der Waals surface area (Å²) in [6, 6.07) is 21.9. The summed E-state index contributed by atoms with van der Waals surface area (Å²) in [5.74, 6) is -1.91. The molecule has 4 atom stereocenters. The third-order valence-corrected chi connectivity index (χ3v) is 9.51. The zero-order valence-corrected chi connectivity index (χ0v) is 22.6. The highest BCUT2D eigenvalue weighted by Gasteiger charge is 2.70. The highest BCUT2D eigenvalue weighted by molar-refractivity contribution is 7.12. The molecule has 1 saturated heterocycles. The van der Waals surface area contributed by atoms with E-state index in [4.69, 9.17) is 23.2 Å². The molecule has 8 heteroatoms. The molecule has 4 heterocycles. The van der Waals surface area contributed by atoms with Crippen molar-refractivity contribution in [1.29, 1.82) is 0 Å². The van der Waals surface area contributed by atoms with Crippen molar-refractivity contribution in [2.45, 2.75) is 17.5 Å². The number of nitrogens with zero attached hydrogens (tertiary/aromatic N) is 1. The quantitative estimate of drug-likeness (QED) is 0.267. The molecule has 4 aromatic rings. The zero-order chi connectivity index (χ0) is 26.9. The minimum Gasteiger partial charge on any atom is -0.358 e. The number of ketones is 2. The molecule has 1 N–H and O–H groups in total. The van der Waals surface area contributed by atoms with E-state index in [1.807, 2.05) is 71.1 Å². The van der Waals surface area contributed by atoms with Crippen LogP contribution in [0.25, 0.3) is 6.08 Å². The Bertz CT molecular complexity index is 1720. The van der Waals surface area contributed by atoms with Gasteiger partial charge in [0.05, 0.1) is 21.9 Å². The number of anilines is 1. The van der Waals surface area contributed by atoms with Gasteiger partial charge in [0.15, 0.2) is 11.6 Å². The number of para-hydroxylation sites is 1. The zero-order valence-electron chi connectivity index (χ0n) is 20.3. The first kappa shape index (κ1) is 24.3. The van der Waals surface area contributed by atoms with E-state index in [0.717, 1.165) is 11.1 Å². The van der Waals surface area contributed by atoms with Gasteiger partial charge in [0.1, 0.15) is 11.5 Å². The molecule has 192 valence electrons. The summed E-state index contributed by atoms with van der Waals surface area (Å²) in [6.45, 7) is 0. The van der Waals surface area contributed by atoms with Gasteiger partial charge in [0, 0.05) is 22.5 Å². The van der Waals surface area contributed by atoms with Gasteiger partial charge in [-0.3, -0.25) is 14.4 Å². The second-order valence-electron chi connectivity index (χ2n) is 9.92. The fraction of sp³-hybridized carbons (Fsp3) is 0.129. The lowest BCUT2D eigenvalue weighted by Gasteiger charge is -2.38. The van der Waals surface area contributed by atoms with E-state index in [0.29, 0.717) is 21.2 Å². The van der Waals surface area contributed by atoms with E-state index in [9.17, 15) is 14.4 Å². The Morgan fingerprint density at radius 3 is 2.51 bits per heavy atom. The van der Waals surface area contributed by atoms with Crippen LogP contribution < -0.4 is 5.32 Å². The number of amides is 1. The number of fused-ring (bicyclic) bond motifs is 6. The molecule has 3 aliphatic heterocycles. The summed E-state index contributed by atoms with van der Waals surface area (Å²) in [7, 11) is 0. The molecular weight excluding hydrogens is 551 g/mol. The molecule has 0 aliphatic carbocycles. The lowest BCUT2D eigenvalue weighted by atomic mass is 9.63. The second-order valence-corrected chi connectivity index (χ2v) is 11.7. The number of carbonyl (C=O) groups excluding carboxylic acids is 3. The first-order valence-corrected chi connectivity index (χ1v) is 14.1. The van der Waals surface area contributed by atoms with Crippen LogP contribution in [0.3, 0.4) is 0 Å². The van der Waals surface area contributed by atoms with Crippen molar-refractivity contribution in [2.24, 2.45) is 5.92 Å². The lowest BCUT2D eigenvalue weighted by Crippen LogP contribution is -2.49. The van der Waals surface area contributed by atoms with Crippen LogP contribution in [0, 0.1) is 5.92 Å². The van der Waals surface area contributed by atoms with Crippen molar-refractivity contribution in [1.82, 2.24) is 4.90 Å². The van der Waals surface area contributed by atoms with Crippen LogP contribution in [-0.4, -0.2) is 28.4 Å². The van der Waals surface area contributed by atoms with Crippen LogP contribution in [0.2, 0.25) is 10.0 Å². The van der Waals surface area contributed by atoms with Gasteiger partial charge < -0.3 is 10.2 Å². The van der Waals surface area contributed by atoms with Crippen LogP contribution in [0.5, 0.6) is 0 Å². The van der Waals surface area contributed by atoms with Gasteiger partial charge in [0.25, 0.3) is 0 Å². The van der Waals surface area contributed by atoms with Gasteiger partial charge in [0.2, 0.25) is 5.91 Å². The molecule has 7 rings (SSSR count). The number of hydrogen-bond acceptors (Lipinski definition) is 5. The van der Waals surface area contributed by atoms with Crippen molar-refractivity contribution in [2.75, 3.05) is 5.32 Å². The minimum atomic E-state index is -1.36. The number of nitrogens with one attached hydrogen (secondary N) is 1. The molecule has 0 unspecified atom stereocenters. The average molecular weight is 571 g/mol. The molecule has 0 saturated carbocycles. The molecule has 1 aromatic heterocycles. The van der Waals surface area contributed by atoms with Crippen molar-refractivity contribution < 1.29 is 14.4 Å². The molecule has 1 spiro atoms. The molecule has 0 bridgehead atoms. The van der Waals surface area contributed by atoms with Gasteiger partial charge >= 0.3 is 0 Å². The fourth-order valence-electron chi connectivity index (χ4n) is 6.59. The Kier molecular flexibility index (Phi) is 5.56. The van der Waals surface area contributed by atoms with E-state index in [2.05, 4.69) is 5.32 Å². The van der Waals surface area contributed by atoms with E-state index in [1.54, 1.807) is 24.3 Å². The van der Waals surface area contributed by atoms with Gasteiger partial charge in [-0.05, 0) is 58.5 Å². The number of carbonyl (C=O) groups is 3. The van der Waals surface area contributed by atoms with Crippen LogP contribution in [0.15, 0.2) is 90.4 Å². The molecule has 0 radical (unpaired) electrons. The smallest absolute Gasteiger partial charge is 0.238 e. The van der Waals surface area contributed by atoms with E-state index < -0.39 is 23.4 Å². The second kappa shape index (κ2) is 8.91. The van der Waals surface area contributed by atoms with Crippen molar-refractivity contribution in [3.63, 3.8) is 0 Å². The fourth-order valence-corrected chi connectivity index (χ4v) is 7.79. The molecule has 3 aliphatic rings.